The Morgan fingerprint density at radius 2 is 1.89 bits per heavy atom. The number of aromatic amines is 2. The van der Waals surface area contributed by atoms with Crippen LogP contribution in [0.1, 0.15) is 26.5 Å². The summed E-state index contributed by atoms with van der Waals surface area (Å²) in [6.45, 7) is 7.53. The monoisotopic (exact) mass is 492 g/mol. The largest absolute Gasteiger partial charge is 0.336 e. The molecule has 0 spiro atoms. The normalized spacial score (nSPS) is 11.9. The van der Waals surface area contributed by atoms with Crippen molar-refractivity contribution in [2.24, 2.45) is 5.41 Å². The number of hydrogen-bond donors (Lipinski definition) is 3. The molecule has 0 bridgehead atoms. The molecule has 0 unspecified atom stereocenters. The molecule has 184 valence electrons. The van der Waals surface area contributed by atoms with Crippen molar-refractivity contribution < 1.29 is 4.79 Å². The Morgan fingerprint density at radius 1 is 1.05 bits per heavy atom. The van der Waals surface area contributed by atoms with E-state index in [4.69, 9.17) is 4.98 Å². The zero-order valence-electron chi connectivity index (χ0n) is 20.7. The number of rotatable bonds is 4. The second kappa shape index (κ2) is 8.33. The van der Waals surface area contributed by atoms with Crippen molar-refractivity contribution in [1.29, 1.82) is 0 Å². The molecule has 0 radical (unpaired) electrons. The highest BCUT2D eigenvalue weighted by molar-refractivity contribution is 5.96. The molecule has 1 amide bonds. The highest BCUT2D eigenvalue weighted by Gasteiger charge is 2.22. The second-order valence-corrected chi connectivity index (χ2v) is 9.90. The van der Waals surface area contributed by atoms with Gasteiger partial charge in [0.05, 0.1) is 28.5 Å². The van der Waals surface area contributed by atoms with Gasteiger partial charge in [-0.15, -0.1) is 0 Å². The molecule has 6 aromatic heterocycles. The number of carbonyl (C=O) groups is 1. The summed E-state index contributed by atoms with van der Waals surface area (Å²) in [7, 11) is 0. The molecule has 0 atom stereocenters. The second-order valence-electron chi connectivity index (χ2n) is 9.90. The van der Waals surface area contributed by atoms with Crippen LogP contribution in [-0.2, 0) is 4.79 Å². The third-order valence-electron chi connectivity index (χ3n) is 5.99. The van der Waals surface area contributed by atoms with Crippen LogP contribution in [0.25, 0.3) is 50.5 Å². The third-order valence-corrected chi connectivity index (χ3v) is 5.99. The van der Waals surface area contributed by atoms with E-state index in [0.717, 1.165) is 27.7 Å². The van der Waals surface area contributed by atoms with Crippen LogP contribution in [0.3, 0.4) is 0 Å². The number of imidazole rings is 2. The minimum Gasteiger partial charge on any atom is -0.336 e. The van der Waals surface area contributed by atoms with Crippen molar-refractivity contribution in [2.45, 2.75) is 27.7 Å². The number of aromatic nitrogens is 9. The van der Waals surface area contributed by atoms with Gasteiger partial charge in [-0.1, -0.05) is 20.8 Å². The number of aryl methyl sites for hydroxylation is 1. The Hall–Kier alpha value is -4.93. The van der Waals surface area contributed by atoms with Crippen molar-refractivity contribution in [3.05, 3.63) is 61.2 Å². The molecule has 0 aliphatic carbocycles. The molecule has 0 saturated heterocycles. The van der Waals surface area contributed by atoms with E-state index in [1.807, 2.05) is 56.7 Å². The van der Waals surface area contributed by atoms with Gasteiger partial charge in [0.1, 0.15) is 17.5 Å². The molecule has 0 saturated carbocycles. The molecule has 0 fully saturated rings. The molecule has 37 heavy (non-hydrogen) atoms. The van der Waals surface area contributed by atoms with Crippen molar-refractivity contribution in [1.82, 2.24) is 44.7 Å². The number of pyridine rings is 3. The zero-order chi connectivity index (χ0) is 25.7. The van der Waals surface area contributed by atoms with E-state index in [9.17, 15) is 4.79 Å². The Balaban J connectivity index is 1.40. The SMILES string of the molecule is Cc1cn(-c2nccc3[nH]c(-c4n[nH]c5ncc(-c6cncc(NC(=O)C(C)(C)C)c6)cc45)nc23)cn1. The van der Waals surface area contributed by atoms with Crippen molar-refractivity contribution >= 4 is 33.7 Å². The topological polar surface area (TPSA) is 143 Å². The molecule has 0 aliphatic rings. The Bertz CT molecular complexity index is 1790. The van der Waals surface area contributed by atoms with Gasteiger partial charge >= 0.3 is 0 Å². The van der Waals surface area contributed by atoms with Gasteiger partial charge in [0.2, 0.25) is 5.91 Å². The summed E-state index contributed by atoms with van der Waals surface area (Å²) in [6.07, 6.45) is 10.5. The van der Waals surface area contributed by atoms with E-state index < -0.39 is 5.41 Å². The molecular weight excluding hydrogens is 468 g/mol. The van der Waals surface area contributed by atoms with Crippen LogP contribution in [0.2, 0.25) is 0 Å². The first-order valence-electron chi connectivity index (χ1n) is 11.7. The van der Waals surface area contributed by atoms with E-state index in [2.05, 4.69) is 40.4 Å². The number of carbonyl (C=O) groups excluding carboxylic acids is 1. The Morgan fingerprint density at radius 3 is 2.68 bits per heavy atom. The molecule has 0 aromatic carbocycles. The Kier molecular flexibility index (Phi) is 5.07. The molecule has 6 rings (SSSR count). The molecule has 0 aliphatic heterocycles. The molecule has 11 nitrogen and oxygen atoms in total. The van der Waals surface area contributed by atoms with E-state index >= 15 is 0 Å². The molecule has 6 heterocycles. The van der Waals surface area contributed by atoms with Crippen LogP contribution < -0.4 is 5.32 Å². The standard InChI is InChI=1S/C26H24N10O/c1-14-12-36(13-30-14)24-21-19(5-6-28-24)32-23(33-21)20-18-8-16(10-29-22(18)35-34-20)15-7-17(11-27-9-15)31-25(37)26(2,3)4/h5-13H,1-4H3,(H,31,37)(H,32,33)(H,29,34,35). The highest BCUT2D eigenvalue weighted by atomic mass is 16.2. The van der Waals surface area contributed by atoms with E-state index in [1.165, 1.54) is 0 Å². The van der Waals surface area contributed by atoms with Gasteiger partial charge in [-0.25, -0.2) is 19.9 Å². The van der Waals surface area contributed by atoms with Gasteiger partial charge in [-0.05, 0) is 25.1 Å². The van der Waals surface area contributed by atoms with E-state index in [-0.39, 0.29) is 5.91 Å². The predicted octanol–water partition coefficient (Wildman–Crippen LogP) is 4.44. The number of fused-ring (bicyclic) bond motifs is 2. The maximum atomic E-state index is 12.4. The molecule has 11 heteroatoms. The third kappa shape index (κ3) is 4.10. The summed E-state index contributed by atoms with van der Waals surface area (Å²) >= 11 is 0. The van der Waals surface area contributed by atoms with Gasteiger partial charge < -0.3 is 10.3 Å². The lowest BCUT2D eigenvalue weighted by Gasteiger charge is -2.17. The van der Waals surface area contributed by atoms with Crippen molar-refractivity contribution in [2.75, 3.05) is 5.32 Å². The summed E-state index contributed by atoms with van der Waals surface area (Å²) < 4.78 is 1.85. The molecule has 3 N–H and O–H groups in total. The first-order valence-corrected chi connectivity index (χ1v) is 11.7. The number of nitrogens with zero attached hydrogens (tertiary/aromatic N) is 7. The summed E-state index contributed by atoms with van der Waals surface area (Å²) in [6, 6.07) is 5.74. The van der Waals surface area contributed by atoms with Crippen LogP contribution >= 0.6 is 0 Å². The number of nitrogens with one attached hydrogen (secondary N) is 3. The lowest BCUT2D eigenvalue weighted by Crippen LogP contribution is -2.27. The highest BCUT2D eigenvalue weighted by Crippen LogP contribution is 2.30. The van der Waals surface area contributed by atoms with Gasteiger partial charge in [0, 0.05) is 41.3 Å². The van der Waals surface area contributed by atoms with Crippen LogP contribution in [-0.4, -0.2) is 50.6 Å². The number of hydrogen-bond acceptors (Lipinski definition) is 7. The molecule has 6 aromatic rings. The van der Waals surface area contributed by atoms with Gasteiger partial charge in [0.15, 0.2) is 17.3 Å². The summed E-state index contributed by atoms with van der Waals surface area (Å²) in [5, 5.41) is 11.2. The van der Waals surface area contributed by atoms with Crippen molar-refractivity contribution in [3.63, 3.8) is 0 Å². The minimum atomic E-state index is -0.513. The van der Waals surface area contributed by atoms with Gasteiger partial charge in [-0.3, -0.25) is 19.4 Å². The first kappa shape index (κ1) is 22.5. The predicted molar refractivity (Wildman–Crippen MR) is 140 cm³/mol. The van der Waals surface area contributed by atoms with Crippen LogP contribution in [0.15, 0.2) is 55.5 Å². The summed E-state index contributed by atoms with van der Waals surface area (Å²) in [4.78, 5) is 38.3. The van der Waals surface area contributed by atoms with E-state index in [0.29, 0.717) is 34.2 Å². The summed E-state index contributed by atoms with van der Waals surface area (Å²) in [5.74, 6) is 1.19. The van der Waals surface area contributed by atoms with Crippen molar-refractivity contribution in [3.8, 4) is 28.5 Å². The number of H-pyrrole nitrogens is 2. The smallest absolute Gasteiger partial charge is 0.229 e. The number of amides is 1. The minimum absolute atomic E-state index is 0.0817. The maximum absolute atomic E-state index is 12.4. The summed E-state index contributed by atoms with van der Waals surface area (Å²) in [5.41, 5.74) is 5.47. The first-order chi connectivity index (χ1) is 17.8. The quantitative estimate of drug-likeness (QED) is 0.330. The average Bonchev–Trinajstić information content (AvgIpc) is 3.60. The van der Waals surface area contributed by atoms with Gasteiger partial charge in [-0.2, -0.15) is 5.10 Å². The van der Waals surface area contributed by atoms with Crippen LogP contribution in [0.4, 0.5) is 5.69 Å². The fraction of sp³-hybridized carbons (Fsp3) is 0.192. The fourth-order valence-electron chi connectivity index (χ4n) is 3.99. The lowest BCUT2D eigenvalue weighted by atomic mass is 9.95. The van der Waals surface area contributed by atoms with E-state index in [1.54, 1.807) is 31.1 Å². The van der Waals surface area contributed by atoms with Crippen LogP contribution in [0, 0.1) is 12.3 Å². The van der Waals surface area contributed by atoms with Gasteiger partial charge in [0.25, 0.3) is 0 Å². The average molecular weight is 493 g/mol. The maximum Gasteiger partial charge on any atom is 0.229 e. The fourth-order valence-corrected chi connectivity index (χ4v) is 3.99. The Labute approximate surface area is 211 Å². The molecular formula is C26H24N10O. The zero-order valence-corrected chi connectivity index (χ0v) is 20.7. The van der Waals surface area contributed by atoms with Crippen LogP contribution in [0.5, 0.6) is 0 Å². The number of anilines is 1. The lowest BCUT2D eigenvalue weighted by molar-refractivity contribution is -0.123.